The Bertz CT molecular complexity index is 883. The normalized spacial score (nSPS) is 15.7. The molecule has 30 heavy (non-hydrogen) atoms. The lowest BCUT2D eigenvalue weighted by Gasteiger charge is -2.32. The van der Waals surface area contributed by atoms with Gasteiger partial charge in [0.1, 0.15) is 17.9 Å². The average Bonchev–Trinajstić information content (AvgIpc) is 3.03. The number of hydrogen-bond donors (Lipinski definition) is 4. The summed E-state index contributed by atoms with van der Waals surface area (Å²) in [5, 5.41) is 27.9. The van der Waals surface area contributed by atoms with E-state index >= 15 is 0 Å². The number of rotatable bonds is 9. The van der Waals surface area contributed by atoms with Crippen molar-refractivity contribution in [2.75, 3.05) is 13.7 Å². The molecule has 0 saturated heterocycles. The number of amides is 1. The number of aromatic amines is 1. The van der Waals surface area contributed by atoms with Crippen molar-refractivity contribution < 1.29 is 24.6 Å². The zero-order valence-electron chi connectivity index (χ0n) is 18.5. The summed E-state index contributed by atoms with van der Waals surface area (Å²) in [4.78, 5) is 20.6. The van der Waals surface area contributed by atoms with E-state index in [9.17, 15) is 15.0 Å². The van der Waals surface area contributed by atoms with E-state index in [1.54, 1.807) is 0 Å². The monoisotopic (exact) mass is 419 g/mol. The molecule has 3 atom stereocenters. The molecule has 4 N–H and O–H groups in total. The number of H-pyrrole nitrogens is 1. The van der Waals surface area contributed by atoms with Gasteiger partial charge >= 0.3 is 0 Å². The topological polar surface area (TPSA) is 116 Å². The molecule has 1 aromatic carbocycles. The fourth-order valence-electron chi connectivity index (χ4n) is 3.27. The van der Waals surface area contributed by atoms with Crippen LogP contribution in [0.1, 0.15) is 39.0 Å². The molecule has 2 rings (SSSR count). The number of nitrogens with one attached hydrogen (secondary N) is 2. The van der Waals surface area contributed by atoms with Crippen molar-refractivity contribution in [3.8, 4) is 0 Å². The number of nitrogens with zero attached hydrogens (tertiary/aromatic N) is 1. The third-order valence-electron chi connectivity index (χ3n) is 4.73. The van der Waals surface area contributed by atoms with Crippen molar-refractivity contribution in [2.45, 2.75) is 59.5 Å². The number of ether oxygens (including phenoxy) is 1. The summed E-state index contributed by atoms with van der Waals surface area (Å²) >= 11 is 0. The van der Waals surface area contributed by atoms with Crippen LogP contribution in [-0.4, -0.2) is 58.8 Å². The van der Waals surface area contributed by atoms with Gasteiger partial charge in [0.05, 0.1) is 6.10 Å². The molecule has 0 bridgehead atoms. The molecule has 0 aliphatic rings. The van der Waals surface area contributed by atoms with Crippen molar-refractivity contribution in [1.82, 2.24) is 10.3 Å². The number of aliphatic hydroxyl groups is 2. The summed E-state index contributed by atoms with van der Waals surface area (Å²) in [6.07, 6.45) is -2.93. The molecular weight excluding hydrogens is 386 g/mol. The number of aliphatic hydroxyl groups excluding tert-OH is 2. The highest BCUT2D eigenvalue weighted by atomic mass is 16.6. The summed E-state index contributed by atoms with van der Waals surface area (Å²) in [5.41, 5.74) is 2.80. The fourth-order valence-corrected chi connectivity index (χ4v) is 3.27. The Morgan fingerprint density at radius 2 is 1.97 bits per heavy atom. The summed E-state index contributed by atoms with van der Waals surface area (Å²) in [7, 11) is 1.50. The highest BCUT2D eigenvalue weighted by Crippen LogP contribution is 2.25. The van der Waals surface area contributed by atoms with E-state index in [0.717, 1.165) is 22.2 Å². The highest BCUT2D eigenvalue weighted by Gasteiger charge is 2.35. The molecular formula is C22H33N3O5. The van der Waals surface area contributed by atoms with E-state index in [1.807, 2.05) is 45.9 Å². The van der Waals surface area contributed by atoms with Crippen LogP contribution >= 0.6 is 0 Å². The smallest absolute Gasteiger partial charge is 0.261 e. The molecule has 0 unspecified atom stereocenters. The number of carbonyl (C=O) groups excluding carboxylic acids is 1. The van der Waals surface area contributed by atoms with Crippen LogP contribution in [0.15, 0.2) is 29.4 Å². The van der Waals surface area contributed by atoms with Gasteiger partial charge in [0, 0.05) is 24.9 Å². The van der Waals surface area contributed by atoms with Gasteiger partial charge in [-0.25, -0.2) is 0 Å². The first-order chi connectivity index (χ1) is 14.0. The van der Waals surface area contributed by atoms with Crippen LogP contribution in [0.4, 0.5) is 0 Å². The molecule has 0 aliphatic carbocycles. The number of fused-ring (bicyclic) bond motifs is 1. The van der Waals surface area contributed by atoms with Gasteiger partial charge in [-0.2, -0.15) is 0 Å². The minimum atomic E-state index is -1.27. The Kier molecular flexibility index (Phi) is 8.00. The van der Waals surface area contributed by atoms with Gasteiger partial charge in [-0.1, -0.05) is 38.1 Å². The maximum atomic E-state index is 12.1. The highest BCUT2D eigenvalue weighted by molar-refractivity contribution is 5.93. The van der Waals surface area contributed by atoms with Crippen molar-refractivity contribution in [3.05, 3.63) is 35.5 Å². The third-order valence-corrected chi connectivity index (χ3v) is 4.73. The Hall–Kier alpha value is -2.42. The average molecular weight is 420 g/mol. The van der Waals surface area contributed by atoms with Crippen LogP contribution in [0.5, 0.6) is 0 Å². The van der Waals surface area contributed by atoms with Gasteiger partial charge in [-0.3, -0.25) is 4.79 Å². The molecule has 0 radical (unpaired) electrons. The zero-order valence-corrected chi connectivity index (χ0v) is 18.5. The van der Waals surface area contributed by atoms with Crippen LogP contribution in [0.25, 0.3) is 10.9 Å². The molecule has 0 saturated carbocycles. The summed E-state index contributed by atoms with van der Waals surface area (Å²) in [6.45, 7) is 9.23. The molecule has 1 heterocycles. The SMILES string of the molecule is CO[C@H](/C(=N/OCC(=O)NCc1ccc2cc(C)[nH]c2c1)[C@@H](O)[C@@H](C)O)C(C)(C)C. The zero-order chi connectivity index (χ0) is 22.5. The van der Waals surface area contributed by atoms with Gasteiger partial charge in [-0.05, 0) is 42.3 Å². The number of carbonyl (C=O) groups is 1. The first kappa shape index (κ1) is 23.9. The summed E-state index contributed by atoms with van der Waals surface area (Å²) in [6, 6.07) is 8.01. The van der Waals surface area contributed by atoms with Gasteiger partial charge in [0.2, 0.25) is 0 Å². The predicted octanol–water partition coefficient (Wildman–Crippen LogP) is 2.27. The number of aromatic nitrogens is 1. The number of oxime groups is 1. The van der Waals surface area contributed by atoms with Crippen LogP contribution in [0.2, 0.25) is 0 Å². The number of benzene rings is 1. The Morgan fingerprint density at radius 3 is 2.57 bits per heavy atom. The van der Waals surface area contributed by atoms with Crippen molar-refractivity contribution in [2.24, 2.45) is 10.6 Å². The molecule has 166 valence electrons. The summed E-state index contributed by atoms with van der Waals surface area (Å²) < 4.78 is 5.46. The Balaban J connectivity index is 1.97. The Labute approximate surface area is 177 Å². The standard InChI is InChI=1S/C22H33N3O5/c1-13-9-16-8-7-15(10-17(16)24-13)11-23-18(27)12-30-25-19(20(28)14(2)26)21(29-6)22(3,4)5/h7-10,14,20-21,24,26,28H,11-12H2,1-6H3,(H,23,27)/b25-19+/t14-,20+,21-/m1/s1. The molecule has 1 aromatic heterocycles. The van der Waals surface area contributed by atoms with Gasteiger partial charge in [-0.15, -0.1) is 0 Å². The third kappa shape index (κ3) is 6.29. The molecule has 2 aromatic rings. The van der Waals surface area contributed by atoms with Crippen molar-refractivity contribution in [3.63, 3.8) is 0 Å². The lowest BCUT2D eigenvalue weighted by atomic mass is 9.83. The quantitative estimate of drug-likeness (QED) is 0.368. The van der Waals surface area contributed by atoms with Gasteiger partial charge in [0.25, 0.3) is 5.91 Å². The minimum absolute atomic E-state index is 0.139. The van der Waals surface area contributed by atoms with E-state index < -0.39 is 23.7 Å². The van der Waals surface area contributed by atoms with E-state index in [1.165, 1.54) is 14.0 Å². The molecule has 8 nitrogen and oxygen atoms in total. The summed E-state index contributed by atoms with van der Waals surface area (Å²) in [5.74, 6) is -0.350. The maximum Gasteiger partial charge on any atom is 0.261 e. The minimum Gasteiger partial charge on any atom is -0.390 e. The molecule has 1 amide bonds. The van der Waals surface area contributed by atoms with Gasteiger partial charge < -0.3 is 30.1 Å². The van der Waals surface area contributed by atoms with Crippen LogP contribution < -0.4 is 5.32 Å². The predicted molar refractivity (Wildman–Crippen MR) is 116 cm³/mol. The van der Waals surface area contributed by atoms with Gasteiger partial charge in [0.15, 0.2) is 6.61 Å². The molecule has 0 spiro atoms. The second-order valence-electron chi connectivity index (χ2n) is 8.61. The van der Waals surface area contributed by atoms with Crippen molar-refractivity contribution >= 4 is 22.5 Å². The second-order valence-corrected chi connectivity index (χ2v) is 8.61. The number of aryl methyl sites for hydroxylation is 1. The van der Waals surface area contributed by atoms with E-state index in [4.69, 9.17) is 9.57 Å². The Morgan fingerprint density at radius 1 is 1.27 bits per heavy atom. The maximum absolute atomic E-state index is 12.1. The number of methoxy groups -OCH3 is 1. The second kappa shape index (κ2) is 10.1. The van der Waals surface area contributed by atoms with E-state index in [0.29, 0.717) is 6.54 Å². The lowest BCUT2D eigenvalue weighted by Crippen LogP contribution is -2.46. The fraction of sp³-hybridized carbons (Fsp3) is 0.545. The first-order valence-corrected chi connectivity index (χ1v) is 9.96. The van der Waals surface area contributed by atoms with Crippen LogP contribution in [-0.2, 0) is 20.9 Å². The largest absolute Gasteiger partial charge is 0.390 e. The lowest BCUT2D eigenvalue weighted by molar-refractivity contribution is -0.125. The molecule has 0 fully saturated rings. The molecule has 0 aliphatic heterocycles. The molecule has 8 heteroatoms. The number of hydrogen-bond acceptors (Lipinski definition) is 6. The van der Waals surface area contributed by atoms with Crippen LogP contribution in [0.3, 0.4) is 0 Å². The first-order valence-electron chi connectivity index (χ1n) is 9.96. The van der Waals surface area contributed by atoms with E-state index in [-0.39, 0.29) is 18.2 Å². The van der Waals surface area contributed by atoms with Crippen molar-refractivity contribution in [1.29, 1.82) is 0 Å². The van der Waals surface area contributed by atoms with E-state index in [2.05, 4.69) is 21.5 Å². The van der Waals surface area contributed by atoms with Crippen LogP contribution in [0, 0.1) is 12.3 Å².